The number of pyridine rings is 2. The summed E-state index contributed by atoms with van der Waals surface area (Å²) in [4.78, 5) is 25.1. The van der Waals surface area contributed by atoms with E-state index in [-0.39, 0.29) is 5.91 Å². The minimum atomic E-state index is 0.0486. The molecule has 0 spiro atoms. The lowest BCUT2D eigenvalue weighted by Gasteiger charge is -2.38. The second-order valence-electron chi connectivity index (χ2n) is 5.68. The van der Waals surface area contributed by atoms with Crippen molar-refractivity contribution < 1.29 is 4.79 Å². The third kappa shape index (κ3) is 3.76. The summed E-state index contributed by atoms with van der Waals surface area (Å²) < 4.78 is 0.826. The molecule has 1 aliphatic rings. The smallest absolute Gasteiger partial charge is 0.255 e. The first-order valence-corrected chi connectivity index (χ1v) is 8.48. The zero-order valence-corrected chi connectivity index (χ0v) is 14.6. The van der Waals surface area contributed by atoms with E-state index in [9.17, 15) is 4.79 Å². The highest BCUT2D eigenvalue weighted by Crippen LogP contribution is 2.21. The highest BCUT2D eigenvalue weighted by molar-refractivity contribution is 9.10. The average Bonchev–Trinajstić information content (AvgIpc) is 2.61. The number of hydrogen-bond donors (Lipinski definition) is 0. The first kappa shape index (κ1) is 16.1. The van der Waals surface area contributed by atoms with Gasteiger partial charge in [0.2, 0.25) is 0 Å². The Kier molecular flexibility index (Phi) is 5.03. The van der Waals surface area contributed by atoms with Gasteiger partial charge < -0.3 is 4.90 Å². The van der Waals surface area contributed by atoms with E-state index in [1.807, 2.05) is 23.2 Å². The summed E-state index contributed by atoms with van der Waals surface area (Å²) in [5, 5.41) is 0. The average molecular weight is 375 g/mol. The molecule has 3 rings (SSSR count). The van der Waals surface area contributed by atoms with Crippen LogP contribution in [-0.4, -0.2) is 51.9 Å². The minimum Gasteiger partial charge on any atom is -0.336 e. The predicted molar refractivity (Wildman–Crippen MR) is 92.1 cm³/mol. The van der Waals surface area contributed by atoms with E-state index < -0.39 is 0 Å². The largest absolute Gasteiger partial charge is 0.336 e. The molecule has 0 saturated carbocycles. The number of nitrogens with zero attached hydrogens (tertiary/aromatic N) is 4. The number of hydrogen-bond acceptors (Lipinski definition) is 4. The molecule has 1 fully saturated rings. The highest BCUT2D eigenvalue weighted by Gasteiger charge is 2.25. The molecule has 0 bridgehead atoms. The van der Waals surface area contributed by atoms with Crippen molar-refractivity contribution in [3.8, 4) is 0 Å². The van der Waals surface area contributed by atoms with Gasteiger partial charge in [0.1, 0.15) is 0 Å². The maximum absolute atomic E-state index is 12.5. The number of carbonyl (C=O) groups excluding carboxylic acids is 1. The van der Waals surface area contributed by atoms with Crippen LogP contribution < -0.4 is 0 Å². The van der Waals surface area contributed by atoms with Crippen LogP contribution in [0.1, 0.15) is 28.9 Å². The molecule has 23 heavy (non-hydrogen) atoms. The van der Waals surface area contributed by atoms with Gasteiger partial charge in [-0.25, -0.2) is 0 Å². The molecule has 6 heteroatoms. The lowest BCUT2D eigenvalue weighted by molar-refractivity contribution is 0.0581. The molecule has 2 aromatic heterocycles. The molecule has 120 valence electrons. The Morgan fingerprint density at radius 3 is 2.61 bits per heavy atom. The number of rotatable bonds is 3. The van der Waals surface area contributed by atoms with E-state index in [0.717, 1.165) is 30.7 Å². The second-order valence-corrected chi connectivity index (χ2v) is 6.60. The second kappa shape index (κ2) is 7.19. The number of carbonyl (C=O) groups is 1. The van der Waals surface area contributed by atoms with E-state index >= 15 is 0 Å². The Hall–Kier alpha value is -1.79. The molecule has 1 amide bonds. The fourth-order valence-electron chi connectivity index (χ4n) is 2.86. The molecule has 1 aliphatic heterocycles. The SMILES string of the molecule is CC(c1cccnc1)N1CCN(C(=O)c2cncc(Br)c2)CC1. The van der Waals surface area contributed by atoms with Gasteiger partial charge in [-0.15, -0.1) is 0 Å². The summed E-state index contributed by atoms with van der Waals surface area (Å²) in [7, 11) is 0. The van der Waals surface area contributed by atoms with Crippen molar-refractivity contribution in [3.05, 3.63) is 58.6 Å². The first-order valence-electron chi connectivity index (χ1n) is 7.69. The van der Waals surface area contributed by atoms with Gasteiger partial charge in [0.15, 0.2) is 0 Å². The highest BCUT2D eigenvalue weighted by atomic mass is 79.9. The monoisotopic (exact) mass is 374 g/mol. The van der Waals surface area contributed by atoms with Crippen molar-refractivity contribution in [2.24, 2.45) is 0 Å². The van der Waals surface area contributed by atoms with Gasteiger partial charge in [-0.1, -0.05) is 6.07 Å². The number of halogens is 1. The minimum absolute atomic E-state index is 0.0486. The summed E-state index contributed by atoms with van der Waals surface area (Å²) in [5.74, 6) is 0.0486. The van der Waals surface area contributed by atoms with Crippen LogP contribution in [0.3, 0.4) is 0 Å². The van der Waals surface area contributed by atoms with Crippen molar-refractivity contribution >= 4 is 21.8 Å². The molecule has 0 radical (unpaired) electrons. The molecule has 0 aliphatic carbocycles. The summed E-state index contributed by atoms with van der Waals surface area (Å²) in [6.45, 7) is 5.38. The van der Waals surface area contributed by atoms with Gasteiger partial charge in [0.05, 0.1) is 5.56 Å². The number of aromatic nitrogens is 2. The maximum Gasteiger partial charge on any atom is 0.255 e. The molecule has 1 unspecified atom stereocenters. The van der Waals surface area contributed by atoms with E-state index in [1.54, 1.807) is 18.6 Å². The van der Waals surface area contributed by atoms with Gasteiger partial charge in [-0.3, -0.25) is 19.7 Å². The van der Waals surface area contributed by atoms with Crippen molar-refractivity contribution in [2.45, 2.75) is 13.0 Å². The molecule has 1 saturated heterocycles. The summed E-state index contributed by atoms with van der Waals surface area (Å²) in [6, 6.07) is 6.20. The van der Waals surface area contributed by atoms with Gasteiger partial charge in [0, 0.05) is 61.5 Å². The van der Waals surface area contributed by atoms with Gasteiger partial charge >= 0.3 is 0 Å². The Morgan fingerprint density at radius 2 is 1.96 bits per heavy atom. The van der Waals surface area contributed by atoms with Gasteiger partial charge in [0.25, 0.3) is 5.91 Å². The topological polar surface area (TPSA) is 49.3 Å². The Balaban J connectivity index is 1.61. The zero-order valence-electron chi connectivity index (χ0n) is 13.0. The van der Waals surface area contributed by atoms with Crippen LogP contribution in [0.2, 0.25) is 0 Å². The van der Waals surface area contributed by atoms with Crippen LogP contribution in [0.5, 0.6) is 0 Å². The Morgan fingerprint density at radius 1 is 1.17 bits per heavy atom. The first-order chi connectivity index (χ1) is 11.1. The predicted octanol–water partition coefficient (Wildman–Crippen LogP) is 2.76. The summed E-state index contributed by atoms with van der Waals surface area (Å²) in [5.41, 5.74) is 1.84. The van der Waals surface area contributed by atoms with Crippen LogP contribution in [0, 0.1) is 0 Å². The number of amides is 1. The normalized spacial score (nSPS) is 17.0. The van der Waals surface area contributed by atoms with E-state index in [0.29, 0.717) is 11.6 Å². The molecular weight excluding hydrogens is 356 g/mol. The lowest BCUT2D eigenvalue weighted by atomic mass is 10.1. The molecule has 0 aromatic carbocycles. The molecule has 5 nitrogen and oxygen atoms in total. The standard InChI is InChI=1S/C17H19BrN4O/c1-13(14-3-2-4-19-10-14)21-5-7-22(8-6-21)17(23)15-9-16(18)12-20-11-15/h2-4,9-13H,5-8H2,1H3. The van der Waals surface area contributed by atoms with E-state index in [2.05, 4.69) is 43.8 Å². The fraction of sp³-hybridized carbons (Fsp3) is 0.353. The molecular formula is C17H19BrN4O. The molecule has 3 heterocycles. The van der Waals surface area contributed by atoms with Gasteiger partial charge in [-0.2, -0.15) is 0 Å². The third-order valence-electron chi connectivity index (χ3n) is 4.27. The zero-order chi connectivity index (χ0) is 16.2. The van der Waals surface area contributed by atoms with Crippen molar-refractivity contribution in [3.63, 3.8) is 0 Å². The van der Waals surface area contributed by atoms with Crippen LogP contribution in [0.4, 0.5) is 0 Å². The fourth-order valence-corrected chi connectivity index (χ4v) is 3.22. The Labute approximate surface area is 144 Å². The van der Waals surface area contributed by atoms with E-state index in [4.69, 9.17) is 0 Å². The van der Waals surface area contributed by atoms with Crippen LogP contribution >= 0.6 is 15.9 Å². The third-order valence-corrected chi connectivity index (χ3v) is 4.70. The quantitative estimate of drug-likeness (QED) is 0.828. The summed E-state index contributed by atoms with van der Waals surface area (Å²) in [6.07, 6.45) is 7.01. The van der Waals surface area contributed by atoms with Crippen LogP contribution in [0.25, 0.3) is 0 Å². The van der Waals surface area contributed by atoms with Crippen LogP contribution in [-0.2, 0) is 0 Å². The summed E-state index contributed by atoms with van der Waals surface area (Å²) >= 11 is 3.36. The molecule has 1 atom stereocenters. The van der Waals surface area contributed by atoms with Crippen molar-refractivity contribution in [1.82, 2.24) is 19.8 Å². The molecule has 0 N–H and O–H groups in total. The Bertz CT molecular complexity index is 671. The van der Waals surface area contributed by atoms with Crippen molar-refractivity contribution in [2.75, 3.05) is 26.2 Å². The van der Waals surface area contributed by atoms with Crippen LogP contribution in [0.15, 0.2) is 47.5 Å². The van der Waals surface area contributed by atoms with E-state index in [1.165, 1.54) is 5.56 Å². The lowest BCUT2D eigenvalue weighted by Crippen LogP contribution is -2.49. The van der Waals surface area contributed by atoms with Gasteiger partial charge in [-0.05, 0) is 40.5 Å². The van der Waals surface area contributed by atoms with Crippen molar-refractivity contribution in [1.29, 1.82) is 0 Å². The maximum atomic E-state index is 12.5. The molecule has 2 aromatic rings. The number of piperazine rings is 1.